The summed E-state index contributed by atoms with van der Waals surface area (Å²) in [7, 11) is 0. The van der Waals surface area contributed by atoms with Crippen LogP contribution in [0.5, 0.6) is 0 Å². The first-order chi connectivity index (χ1) is 5.04. The molecule has 62 valence electrons. The maximum Gasteiger partial charge on any atom is 0.183 e. The Morgan fingerprint density at radius 3 is 2.09 bits per heavy atom. The van der Waals surface area contributed by atoms with Gasteiger partial charge in [-0.2, -0.15) is 5.10 Å². The van der Waals surface area contributed by atoms with E-state index < -0.39 is 0 Å². The molecule has 0 aliphatic heterocycles. The Kier molecular flexibility index (Phi) is 3.72. The second kappa shape index (κ2) is 4.32. The molecule has 0 aliphatic carbocycles. The molecule has 5 heteroatoms. The van der Waals surface area contributed by atoms with Crippen LogP contribution < -0.4 is 11.5 Å². The summed E-state index contributed by atoms with van der Waals surface area (Å²) in [6, 6.07) is 0. The molecule has 0 bridgehead atoms. The lowest BCUT2D eigenvalue weighted by Crippen LogP contribution is -2.20. The number of nitrogens with zero attached hydrogens (tertiary/aromatic N) is 1. The van der Waals surface area contributed by atoms with Crippen LogP contribution in [-0.4, -0.2) is 16.2 Å². The molecule has 0 unspecified atom stereocenters. The van der Waals surface area contributed by atoms with Crippen LogP contribution in [0.25, 0.3) is 0 Å². The minimum atomic E-state index is -0.333. The molecule has 6 N–H and O–H groups in total. The third-order valence-corrected chi connectivity index (χ3v) is 1.08. The molecule has 5 nitrogen and oxygen atoms in total. The van der Waals surface area contributed by atoms with E-state index in [0.717, 1.165) is 5.69 Å². The first-order valence-corrected chi connectivity index (χ1v) is 3.10. The molecule has 0 saturated carbocycles. The highest BCUT2D eigenvalue weighted by Gasteiger charge is 1.87. The molecule has 0 aromatic carbocycles. The van der Waals surface area contributed by atoms with E-state index in [9.17, 15) is 0 Å². The van der Waals surface area contributed by atoms with Crippen LogP contribution in [0, 0.1) is 19.3 Å². The van der Waals surface area contributed by atoms with E-state index in [2.05, 4.69) is 21.7 Å². The van der Waals surface area contributed by atoms with Gasteiger partial charge in [0, 0.05) is 6.20 Å². The van der Waals surface area contributed by atoms with E-state index in [0.29, 0.717) is 0 Å². The molecule has 1 aromatic heterocycles. The maximum absolute atomic E-state index is 6.06. The van der Waals surface area contributed by atoms with Gasteiger partial charge in [-0.25, -0.2) is 0 Å². The Hall–Kier alpha value is -1.52. The number of aromatic nitrogens is 2. The minimum absolute atomic E-state index is 0.333. The van der Waals surface area contributed by atoms with Crippen molar-refractivity contribution in [2.75, 3.05) is 0 Å². The van der Waals surface area contributed by atoms with Gasteiger partial charge in [0.25, 0.3) is 0 Å². The molecular formula is C6H13N5. The summed E-state index contributed by atoms with van der Waals surface area (Å²) in [6.07, 6.45) is 1.88. The van der Waals surface area contributed by atoms with Gasteiger partial charge in [-0.3, -0.25) is 10.5 Å². The van der Waals surface area contributed by atoms with E-state index in [1.54, 1.807) is 0 Å². The molecule has 1 heterocycles. The Morgan fingerprint density at radius 2 is 2.00 bits per heavy atom. The molecule has 0 radical (unpaired) electrons. The van der Waals surface area contributed by atoms with Gasteiger partial charge in [0.1, 0.15) is 0 Å². The zero-order valence-electron chi connectivity index (χ0n) is 6.68. The summed E-state index contributed by atoms with van der Waals surface area (Å²) in [5.41, 5.74) is 11.2. The predicted octanol–water partition coefficient (Wildman–Crippen LogP) is -0.135. The van der Waals surface area contributed by atoms with Crippen molar-refractivity contribution in [3.63, 3.8) is 0 Å². The third kappa shape index (κ3) is 4.95. The zero-order chi connectivity index (χ0) is 8.85. The van der Waals surface area contributed by atoms with E-state index >= 15 is 0 Å². The third-order valence-electron chi connectivity index (χ3n) is 1.08. The van der Waals surface area contributed by atoms with Crippen LogP contribution in [0.2, 0.25) is 0 Å². The highest BCUT2D eigenvalue weighted by molar-refractivity contribution is 5.71. The number of aromatic amines is 1. The number of nitrogens with one attached hydrogen (secondary N) is 2. The number of hydrogen-bond acceptors (Lipinski definition) is 2. The number of guanidine groups is 1. The Balaban J connectivity index is 0.000000218. The van der Waals surface area contributed by atoms with Crippen molar-refractivity contribution in [2.24, 2.45) is 11.5 Å². The largest absolute Gasteiger partial charge is 0.370 e. The van der Waals surface area contributed by atoms with E-state index in [1.165, 1.54) is 5.56 Å². The second-order valence-electron chi connectivity index (χ2n) is 2.11. The van der Waals surface area contributed by atoms with Gasteiger partial charge in [0.05, 0.1) is 5.69 Å². The minimum Gasteiger partial charge on any atom is -0.370 e. The van der Waals surface area contributed by atoms with Gasteiger partial charge < -0.3 is 11.5 Å². The Bertz CT molecular complexity index is 206. The molecular weight excluding hydrogens is 142 g/mol. The van der Waals surface area contributed by atoms with Crippen molar-refractivity contribution < 1.29 is 0 Å². The lowest BCUT2D eigenvalue weighted by atomic mass is 10.3. The summed E-state index contributed by atoms with van der Waals surface area (Å²) in [5.74, 6) is -0.333. The molecule has 0 atom stereocenters. The smallest absolute Gasteiger partial charge is 0.183 e. The van der Waals surface area contributed by atoms with Crippen LogP contribution in [-0.2, 0) is 0 Å². The monoisotopic (exact) mass is 155 g/mol. The normalized spacial score (nSPS) is 8.18. The number of hydrogen-bond donors (Lipinski definition) is 4. The highest BCUT2D eigenvalue weighted by Crippen LogP contribution is 1.96. The first kappa shape index (κ1) is 9.48. The maximum atomic E-state index is 6.06. The van der Waals surface area contributed by atoms with Crippen molar-refractivity contribution in [2.45, 2.75) is 13.8 Å². The molecule has 0 spiro atoms. The fraction of sp³-hybridized carbons (Fsp3) is 0.333. The van der Waals surface area contributed by atoms with Crippen LogP contribution >= 0.6 is 0 Å². The van der Waals surface area contributed by atoms with Gasteiger partial charge >= 0.3 is 0 Å². The van der Waals surface area contributed by atoms with Crippen molar-refractivity contribution in [3.8, 4) is 0 Å². The first-order valence-electron chi connectivity index (χ1n) is 3.10. The molecule has 0 aliphatic rings. The fourth-order valence-corrected chi connectivity index (χ4v) is 0.419. The summed E-state index contributed by atoms with van der Waals surface area (Å²) in [6.45, 7) is 4.00. The second-order valence-corrected chi connectivity index (χ2v) is 2.11. The molecule has 0 saturated heterocycles. The summed E-state index contributed by atoms with van der Waals surface area (Å²) in [4.78, 5) is 0. The molecule has 1 aromatic rings. The number of H-pyrrole nitrogens is 1. The van der Waals surface area contributed by atoms with E-state index in [1.807, 2.05) is 20.0 Å². The average molecular weight is 155 g/mol. The lowest BCUT2D eigenvalue weighted by Gasteiger charge is -1.76. The Labute approximate surface area is 65.3 Å². The van der Waals surface area contributed by atoms with Gasteiger partial charge in [-0.15, -0.1) is 0 Å². The summed E-state index contributed by atoms with van der Waals surface area (Å²) >= 11 is 0. The fourth-order valence-electron chi connectivity index (χ4n) is 0.419. The predicted molar refractivity (Wildman–Crippen MR) is 44.2 cm³/mol. The Morgan fingerprint density at radius 1 is 1.55 bits per heavy atom. The van der Waals surface area contributed by atoms with Crippen LogP contribution in [0.3, 0.4) is 0 Å². The van der Waals surface area contributed by atoms with Crippen LogP contribution in [0.4, 0.5) is 0 Å². The topological polar surface area (TPSA) is 105 Å². The van der Waals surface area contributed by atoms with Gasteiger partial charge in [0.2, 0.25) is 0 Å². The SMILES string of the molecule is Cc1c[nH]nc1C.N=C(N)N. The van der Waals surface area contributed by atoms with Crippen LogP contribution in [0.1, 0.15) is 11.3 Å². The van der Waals surface area contributed by atoms with Crippen molar-refractivity contribution in [1.29, 1.82) is 5.41 Å². The summed E-state index contributed by atoms with van der Waals surface area (Å²) in [5, 5.41) is 12.7. The van der Waals surface area contributed by atoms with Crippen molar-refractivity contribution in [1.82, 2.24) is 10.2 Å². The lowest BCUT2D eigenvalue weighted by molar-refractivity contribution is 1.04. The average Bonchev–Trinajstić information content (AvgIpc) is 2.15. The van der Waals surface area contributed by atoms with Gasteiger partial charge in [0.15, 0.2) is 5.96 Å². The zero-order valence-corrected chi connectivity index (χ0v) is 6.68. The van der Waals surface area contributed by atoms with E-state index in [-0.39, 0.29) is 5.96 Å². The molecule has 11 heavy (non-hydrogen) atoms. The highest BCUT2D eigenvalue weighted by atomic mass is 15.1. The number of rotatable bonds is 0. The van der Waals surface area contributed by atoms with Gasteiger partial charge in [-0.05, 0) is 19.4 Å². The van der Waals surface area contributed by atoms with Crippen molar-refractivity contribution >= 4 is 5.96 Å². The van der Waals surface area contributed by atoms with Crippen molar-refractivity contribution in [3.05, 3.63) is 17.5 Å². The van der Waals surface area contributed by atoms with E-state index in [4.69, 9.17) is 5.41 Å². The molecule has 0 fully saturated rings. The number of aryl methyl sites for hydroxylation is 2. The van der Waals surface area contributed by atoms with Crippen LogP contribution in [0.15, 0.2) is 6.20 Å². The number of nitrogens with two attached hydrogens (primary N) is 2. The van der Waals surface area contributed by atoms with Gasteiger partial charge in [-0.1, -0.05) is 0 Å². The molecule has 1 rings (SSSR count). The standard InChI is InChI=1S/C5H8N2.CH5N3/c1-4-3-6-7-5(4)2;2-1(3)4/h3H,1-2H3,(H,6,7);(H5,2,3,4). The summed E-state index contributed by atoms with van der Waals surface area (Å²) < 4.78 is 0. The quantitative estimate of drug-likeness (QED) is 0.309. The molecule has 0 amide bonds.